The number of anilines is 1. The fraction of sp³-hybridized carbons (Fsp3) is 0.133. The molecule has 8 heteroatoms. The first kappa shape index (κ1) is 17.6. The summed E-state index contributed by atoms with van der Waals surface area (Å²) in [4.78, 5) is 12.0. The number of amides is 1. The van der Waals surface area contributed by atoms with Crippen LogP contribution < -0.4 is 10.1 Å². The third-order valence-electron chi connectivity index (χ3n) is 2.94. The van der Waals surface area contributed by atoms with Gasteiger partial charge in [-0.3, -0.25) is 4.79 Å². The number of sulfone groups is 1. The minimum absolute atomic E-state index is 0.0376. The quantitative estimate of drug-likeness (QED) is 0.871. The molecule has 1 N–H and O–H groups in total. The summed E-state index contributed by atoms with van der Waals surface area (Å²) in [6.45, 7) is 0. The second-order valence-electron chi connectivity index (χ2n) is 4.61. The Kier molecular flexibility index (Phi) is 5.51. The van der Waals surface area contributed by atoms with Gasteiger partial charge in [0.05, 0.1) is 22.7 Å². The van der Waals surface area contributed by atoms with E-state index in [9.17, 15) is 13.2 Å². The Balaban J connectivity index is 2.11. The van der Waals surface area contributed by atoms with Crippen molar-refractivity contribution in [2.45, 2.75) is 4.90 Å². The maximum atomic E-state index is 12.2. The van der Waals surface area contributed by atoms with Crippen LogP contribution in [0.4, 0.5) is 5.69 Å². The second kappa shape index (κ2) is 7.21. The zero-order valence-electron chi connectivity index (χ0n) is 12.0. The number of methoxy groups -OCH3 is 1. The van der Waals surface area contributed by atoms with Crippen LogP contribution in [-0.4, -0.2) is 27.2 Å². The Morgan fingerprint density at radius 3 is 2.35 bits per heavy atom. The van der Waals surface area contributed by atoms with Crippen molar-refractivity contribution < 1.29 is 17.9 Å². The Labute approximate surface area is 144 Å². The van der Waals surface area contributed by atoms with Crippen molar-refractivity contribution in [1.82, 2.24) is 0 Å². The fourth-order valence-corrected chi connectivity index (χ4v) is 3.41. The molecular formula is C15H13Cl2NO4S. The molecule has 2 rings (SSSR count). The second-order valence-corrected chi connectivity index (χ2v) is 7.44. The van der Waals surface area contributed by atoms with Gasteiger partial charge in [0.1, 0.15) is 11.5 Å². The van der Waals surface area contributed by atoms with Gasteiger partial charge in [-0.2, -0.15) is 0 Å². The lowest BCUT2D eigenvalue weighted by Crippen LogP contribution is -2.23. The van der Waals surface area contributed by atoms with E-state index in [1.54, 1.807) is 6.07 Å². The van der Waals surface area contributed by atoms with Crippen LogP contribution in [0.5, 0.6) is 5.75 Å². The number of halogens is 2. The largest absolute Gasteiger partial charge is 0.497 e. The lowest BCUT2D eigenvalue weighted by atomic mass is 10.3. The monoisotopic (exact) mass is 373 g/mol. The predicted octanol–water partition coefficient (Wildman–Crippen LogP) is 3.41. The average Bonchev–Trinajstić information content (AvgIpc) is 2.49. The van der Waals surface area contributed by atoms with Gasteiger partial charge in [-0.1, -0.05) is 23.2 Å². The number of rotatable bonds is 5. The third-order valence-corrected chi connectivity index (χ3v) is 5.13. The summed E-state index contributed by atoms with van der Waals surface area (Å²) in [5.74, 6) is -0.857. The Morgan fingerprint density at radius 1 is 1.13 bits per heavy atom. The van der Waals surface area contributed by atoms with Crippen molar-refractivity contribution in [1.29, 1.82) is 0 Å². The van der Waals surface area contributed by atoms with Crippen molar-refractivity contribution in [2.75, 3.05) is 18.2 Å². The predicted molar refractivity (Wildman–Crippen MR) is 90.1 cm³/mol. The van der Waals surface area contributed by atoms with Gasteiger partial charge in [-0.25, -0.2) is 8.42 Å². The highest BCUT2D eigenvalue weighted by molar-refractivity contribution is 7.92. The molecule has 0 aliphatic heterocycles. The molecule has 0 saturated carbocycles. The SMILES string of the molecule is COc1ccc(S(=O)(=O)CC(=O)Nc2ccc(Cl)cc2Cl)cc1. The molecule has 0 heterocycles. The normalized spacial score (nSPS) is 11.1. The lowest BCUT2D eigenvalue weighted by Gasteiger charge is -2.09. The van der Waals surface area contributed by atoms with E-state index in [-0.39, 0.29) is 9.92 Å². The first-order valence-electron chi connectivity index (χ1n) is 6.43. The molecule has 5 nitrogen and oxygen atoms in total. The van der Waals surface area contributed by atoms with E-state index in [0.717, 1.165) is 0 Å². The van der Waals surface area contributed by atoms with Gasteiger partial charge in [-0.15, -0.1) is 0 Å². The Morgan fingerprint density at radius 2 is 1.78 bits per heavy atom. The zero-order valence-corrected chi connectivity index (χ0v) is 14.4. The van der Waals surface area contributed by atoms with Crippen molar-refractivity contribution in [2.24, 2.45) is 0 Å². The smallest absolute Gasteiger partial charge is 0.240 e. The van der Waals surface area contributed by atoms with Crippen LogP contribution in [0.2, 0.25) is 10.0 Å². The Bertz CT molecular complexity index is 820. The molecule has 122 valence electrons. The van der Waals surface area contributed by atoms with Crippen LogP contribution in [0.1, 0.15) is 0 Å². The van der Waals surface area contributed by atoms with Crippen LogP contribution in [-0.2, 0) is 14.6 Å². The van der Waals surface area contributed by atoms with Crippen LogP contribution in [0.25, 0.3) is 0 Å². The molecule has 0 aliphatic rings. The van der Waals surface area contributed by atoms with E-state index >= 15 is 0 Å². The molecule has 0 spiro atoms. The van der Waals surface area contributed by atoms with Crippen LogP contribution >= 0.6 is 23.2 Å². The van der Waals surface area contributed by atoms with Gasteiger partial charge in [0.15, 0.2) is 9.84 Å². The standard InChI is InChI=1S/C15H13Cl2NO4S/c1-22-11-3-5-12(6-4-11)23(20,21)9-15(19)18-14-7-2-10(16)8-13(14)17/h2-8H,9H2,1H3,(H,18,19). The lowest BCUT2D eigenvalue weighted by molar-refractivity contribution is -0.113. The Hall–Kier alpha value is -1.76. The number of hydrogen-bond acceptors (Lipinski definition) is 4. The number of benzene rings is 2. The number of hydrogen-bond donors (Lipinski definition) is 1. The van der Waals surface area contributed by atoms with E-state index in [4.69, 9.17) is 27.9 Å². The molecule has 2 aromatic carbocycles. The molecule has 1 amide bonds. The first-order chi connectivity index (χ1) is 10.8. The summed E-state index contributed by atoms with van der Waals surface area (Å²) in [6, 6.07) is 10.3. The number of carbonyl (C=O) groups excluding carboxylic acids is 1. The molecule has 0 aromatic heterocycles. The summed E-state index contributed by atoms with van der Waals surface area (Å²) in [5.41, 5.74) is 0.297. The third kappa shape index (κ3) is 4.60. The van der Waals surface area contributed by atoms with Gasteiger partial charge in [0, 0.05) is 5.02 Å². The summed E-state index contributed by atoms with van der Waals surface area (Å²) in [5, 5.41) is 3.10. The summed E-state index contributed by atoms with van der Waals surface area (Å²) >= 11 is 11.7. The minimum Gasteiger partial charge on any atom is -0.497 e. The van der Waals surface area contributed by atoms with Gasteiger partial charge in [0.2, 0.25) is 5.91 Å². The zero-order chi connectivity index (χ0) is 17.0. The highest BCUT2D eigenvalue weighted by atomic mass is 35.5. The molecule has 0 saturated heterocycles. The first-order valence-corrected chi connectivity index (χ1v) is 8.84. The van der Waals surface area contributed by atoms with E-state index in [1.807, 2.05) is 0 Å². The minimum atomic E-state index is -3.76. The van der Waals surface area contributed by atoms with Gasteiger partial charge in [0.25, 0.3) is 0 Å². The average molecular weight is 374 g/mol. The number of carbonyl (C=O) groups is 1. The van der Waals surface area contributed by atoms with Crippen molar-refractivity contribution in [3.05, 3.63) is 52.5 Å². The maximum absolute atomic E-state index is 12.2. The number of ether oxygens (including phenoxy) is 1. The molecule has 0 aliphatic carbocycles. The van der Waals surface area contributed by atoms with Crippen LogP contribution in [0, 0.1) is 0 Å². The van der Waals surface area contributed by atoms with Crippen LogP contribution in [0.15, 0.2) is 47.4 Å². The molecule has 0 radical (unpaired) electrons. The molecule has 0 fully saturated rings. The van der Waals surface area contributed by atoms with Crippen molar-refractivity contribution in [3.8, 4) is 5.75 Å². The molecular weight excluding hydrogens is 361 g/mol. The molecule has 2 aromatic rings. The molecule has 0 bridgehead atoms. The van der Waals surface area contributed by atoms with Crippen LogP contribution in [0.3, 0.4) is 0 Å². The van der Waals surface area contributed by atoms with E-state index < -0.39 is 21.5 Å². The van der Waals surface area contributed by atoms with Gasteiger partial charge in [-0.05, 0) is 42.5 Å². The van der Waals surface area contributed by atoms with E-state index in [2.05, 4.69) is 5.32 Å². The van der Waals surface area contributed by atoms with Gasteiger partial charge < -0.3 is 10.1 Å². The fourth-order valence-electron chi connectivity index (χ4n) is 1.82. The summed E-state index contributed by atoms with van der Waals surface area (Å²) in [6.07, 6.45) is 0. The highest BCUT2D eigenvalue weighted by Crippen LogP contribution is 2.25. The highest BCUT2D eigenvalue weighted by Gasteiger charge is 2.20. The molecule has 0 atom stereocenters. The maximum Gasteiger partial charge on any atom is 0.240 e. The van der Waals surface area contributed by atoms with E-state index in [1.165, 1.54) is 43.5 Å². The molecule has 0 unspecified atom stereocenters. The summed E-state index contributed by atoms with van der Waals surface area (Å²) < 4.78 is 29.4. The molecule has 23 heavy (non-hydrogen) atoms. The topological polar surface area (TPSA) is 72.5 Å². The summed E-state index contributed by atoms with van der Waals surface area (Å²) in [7, 11) is -2.28. The van der Waals surface area contributed by atoms with Gasteiger partial charge >= 0.3 is 0 Å². The van der Waals surface area contributed by atoms with Crippen molar-refractivity contribution in [3.63, 3.8) is 0 Å². The van der Waals surface area contributed by atoms with Crippen molar-refractivity contribution >= 4 is 44.6 Å². The van der Waals surface area contributed by atoms with E-state index in [0.29, 0.717) is 16.5 Å². The number of nitrogens with one attached hydrogen (secondary N) is 1.